The summed E-state index contributed by atoms with van der Waals surface area (Å²) in [4.78, 5) is 0. The zero-order valence-corrected chi connectivity index (χ0v) is 11.8. The van der Waals surface area contributed by atoms with Crippen LogP contribution < -0.4 is 10.1 Å². The Morgan fingerprint density at radius 2 is 2.28 bits per heavy atom. The topological polar surface area (TPSA) is 21.3 Å². The molecule has 18 heavy (non-hydrogen) atoms. The highest BCUT2D eigenvalue weighted by Gasteiger charge is 2.30. The molecule has 3 rings (SSSR count). The van der Waals surface area contributed by atoms with E-state index in [1.807, 2.05) is 11.8 Å². The molecule has 2 aliphatic rings. The van der Waals surface area contributed by atoms with Gasteiger partial charge >= 0.3 is 0 Å². The van der Waals surface area contributed by atoms with Gasteiger partial charge in [-0.1, -0.05) is 12.1 Å². The standard InChI is InChI=1S/C15H21NOS/c1-15(8-4-10-18-11-15)17-13-7-2-5-12-6-3-9-16-14(12)13/h2,5,7,16H,3-4,6,8-11H2,1H3. The van der Waals surface area contributed by atoms with Gasteiger partial charge in [0.2, 0.25) is 0 Å². The Balaban J connectivity index is 1.83. The summed E-state index contributed by atoms with van der Waals surface area (Å²) in [6.07, 6.45) is 4.84. The zero-order chi connectivity index (χ0) is 12.4. The maximum atomic E-state index is 6.36. The molecule has 0 amide bonds. The van der Waals surface area contributed by atoms with Gasteiger partial charge in [-0.25, -0.2) is 0 Å². The molecule has 1 atom stereocenters. The second-order valence-corrected chi connectivity index (χ2v) is 6.63. The van der Waals surface area contributed by atoms with E-state index in [4.69, 9.17) is 4.74 Å². The van der Waals surface area contributed by atoms with E-state index in [1.54, 1.807) is 0 Å². The maximum absolute atomic E-state index is 6.36. The van der Waals surface area contributed by atoms with Crippen molar-refractivity contribution in [3.8, 4) is 5.75 Å². The molecule has 1 unspecified atom stereocenters. The number of aryl methyl sites for hydroxylation is 1. The Labute approximate surface area is 113 Å². The highest BCUT2D eigenvalue weighted by atomic mass is 32.2. The van der Waals surface area contributed by atoms with Crippen molar-refractivity contribution >= 4 is 17.4 Å². The molecule has 98 valence electrons. The number of hydrogen-bond donors (Lipinski definition) is 1. The van der Waals surface area contributed by atoms with Crippen molar-refractivity contribution in [2.75, 3.05) is 23.4 Å². The Morgan fingerprint density at radius 3 is 3.11 bits per heavy atom. The summed E-state index contributed by atoms with van der Waals surface area (Å²) in [6, 6.07) is 6.45. The maximum Gasteiger partial charge on any atom is 0.143 e. The van der Waals surface area contributed by atoms with Crippen LogP contribution in [0.3, 0.4) is 0 Å². The van der Waals surface area contributed by atoms with E-state index in [-0.39, 0.29) is 5.60 Å². The number of thioether (sulfide) groups is 1. The summed E-state index contributed by atoms with van der Waals surface area (Å²) in [5.41, 5.74) is 2.66. The van der Waals surface area contributed by atoms with Gasteiger partial charge in [0.1, 0.15) is 11.4 Å². The number of para-hydroxylation sites is 1. The van der Waals surface area contributed by atoms with Gasteiger partial charge in [0.25, 0.3) is 0 Å². The lowest BCUT2D eigenvalue weighted by molar-refractivity contribution is 0.102. The Kier molecular flexibility index (Phi) is 3.42. The summed E-state index contributed by atoms with van der Waals surface area (Å²) in [5.74, 6) is 3.44. The van der Waals surface area contributed by atoms with Crippen LogP contribution in [0.2, 0.25) is 0 Å². The highest BCUT2D eigenvalue weighted by molar-refractivity contribution is 7.99. The van der Waals surface area contributed by atoms with Gasteiger partial charge in [0, 0.05) is 12.3 Å². The molecule has 2 aliphatic heterocycles. The molecule has 3 heteroatoms. The zero-order valence-electron chi connectivity index (χ0n) is 11.0. The van der Waals surface area contributed by atoms with Crippen molar-refractivity contribution in [2.24, 2.45) is 0 Å². The Hall–Kier alpha value is -0.830. The van der Waals surface area contributed by atoms with Crippen LogP contribution in [0.25, 0.3) is 0 Å². The average molecular weight is 263 g/mol. The number of fused-ring (bicyclic) bond motifs is 1. The Bertz CT molecular complexity index is 427. The SMILES string of the molecule is CC1(Oc2cccc3c2NCCC3)CCCSC1. The van der Waals surface area contributed by atoms with E-state index in [0.717, 1.165) is 18.0 Å². The lowest BCUT2D eigenvalue weighted by Gasteiger charge is -2.35. The van der Waals surface area contributed by atoms with Crippen LogP contribution in [0.1, 0.15) is 31.7 Å². The molecule has 0 aliphatic carbocycles. The molecule has 1 saturated heterocycles. The minimum atomic E-state index is 0.0111. The fourth-order valence-electron chi connectivity index (χ4n) is 2.82. The van der Waals surface area contributed by atoms with Gasteiger partial charge in [-0.2, -0.15) is 11.8 Å². The van der Waals surface area contributed by atoms with E-state index in [0.29, 0.717) is 0 Å². The number of benzene rings is 1. The van der Waals surface area contributed by atoms with Gasteiger partial charge in [-0.3, -0.25) is 0 Å². The fourth-order valence-corrected chi connectivity index (χ4v) is 3.95. The first-order chi connectivity index (χ1) is 8.77. The van der Waals surface area contributed by atoms with E-state index in [1.165, 1.54) is 42.7 Å². The second-order valence-electron chi connectivity index (χ2n) is 5.53. The van der Waals surface area contributed by atoms with Crippen molar-refractivity contribution < 1.29 is 4.74 Å². The second kappa shape index (κ2) is 5.04. The predicted octanol–water partition coefficient (Wildman–Crippen LogP) is 3.71. The average Bonchev–Trinajstić information content (AvgIpc) is 2.40. The molecule has 2 heterocycles. The molecule has 1 aromatic rings. The summed E-state index contributed by atoms with van der Waals surface area (Å²) >= 11 is 2.01. The normalized spacial score (nSPS) is 27.2. The number of anilines is 1. The van der Waals surface area contributed by atoms with Gasteiger partial charge in [-0.15, -0.1) is 0 Å². The fraction of sp³-hybridized carbons (Fsp3) is 0.600. The van der Waals surface area contributed by atoms with Crippen molar-refractivity contribution in [1.29, 1.82) is 0 Å². The highest BCUT2D eigenvalue weighted by Crippen LogP contribution is 2.37. The lowest BCUT2D eigenvalue weighted by Crippen LogP contribution is -2.38. The van der Waals surface area contributed by atoms with Crippen LogP contribution >= 0.6 is 11.8 Å². The van der Waals surface area contributed by atoms with Crippen LogP contribution in [-0.2, 0) is 6.42 Å². The van der Waals surface area contributed by atoms with E-state index < -0.39 is 0 Å². The van der Waals surface area contributed by atoms with Crippen LogP contribution in [0.15, 0.2) is 18.2 Å². The monoisotopic (exact) mass is 263 g/mol. The first-order valence-electron chi connectivity index (χ1n) is 6.89. The molecule has 0 radical (unpaired) electrons. The summed E-state index contributed by atoms with van der Waals surface area (Å²) in [7, 11) is 0. The minimum Gasteiger partial charge on any atom is -0.485 e. The molecule has 1 N–H and O–H groups in total. The van der Waals surface area contributed by atoms with E-state index >= 15 is 0 Å². The molecule has 2 nitrogen and oxygen atoms in total. The first-order valence-corrected chi connectivity index (χ1v) is 8.05. The number of hydrogen-bond acceptors (Lipinski definition) is 3. The molecule has 0 bridgehead atoms. The van der Waals surface area contributed by atoms with Crippen molar-refractivity contribution in [2.45, 2.75) is 38.2 Å². The molecular formula is C15H21NOS. The van der Waals surface area contributed by atoms with Crippen LogP contribution in [0.5, 0.6) is 5.75 Å². The number of ether oxygens (including phenoxy) is 1. The van der Waals surface area contributed by atoms with Gasteiger partial charge in [0.05, 0.1) is 5.69 Å². The number of rotatable bonds is 2. The third kappa shape index (κ3) is 2.46. The van der Waals surface area contributed by atoms with Crippen molar-refractivity contribution in [1.82, 2.24) is 0 Å². The smallest absolute Gasteiger partial charge is 0.143 e. The first kappa shape index (κ1) is 12.2. The molecule has 1 fully saturated rings. The van der Waals surface area contributed by atoms with Crippen molar-refractivity contribution in [3.05, 3.63) is 23.8 Å². The Morgan fingerprint density at radius 1 is 1.33 bits per heavy atom. The molecule has 0 spiro atoms. The third-order valence-electron chi connectivity index (χ3n) is 3.80. The molecule has 1 aromatic carbocycles. The summed E-state index contributed by atoms with van der Waals surface area (Å²) in [6.45, 7) is 3.32. The minimum absolute atomic E-state index is 0.0111. The largest absolute Gasteiger partial charge is 0.485 e. The number of nitrogens with one attached hydrogen (secondary N) is 1. The molecule has 0 aromatic heterocycles. The van der Waals surface area contributed by atoms with Crippen LogP contribution in [-0.4, -0.2) is 23.7 Å². The van der Waals surface area contributed by atoms with Crippen LogP contribution in [0.4, 0.5) is 5.69 Å². The van der Waals surface area contributed by atoms with Crippen molar-refractivity contribution in [3.63, 3.8) is 0 Å². The quantitative estimate of drug-likeness (QED) is 0.879. The van der Waals surface area contributed by atoms with Crippen LogP contribution in [0, 0.1) is 0 Å². The van der Waals surface area contributed by atoms with Gasteiger partial charge in [-0.05, 0) is 50.0 Å². The summed E-state index contributed by atoms with van der Waals surface area (Å²) < 4.78 is 6.36. The predicted molar refractivity (Wildman–Crippen MR) is 78.8 cm³/mol. The van der Waals surface area contributed by atoms with Gasteiger partial charge < -0.3 is 10.1 Å². The van der Waals surface area contributed by atoms with Gasteiger partial charge in [0.15, 0.2) is 0 Å². The molecule has 0 saturated carbocycles. The third-order valence-corrected chi connectivity index (χ3v) is 5.19. The molecular weight excluding hydrogens is 242 g/mol. The summed E-state index contributed by atoms with van der Waals surface area (Å²) in [5, 5.41) is 3.51. The lowest BCUT2D eigenvalue weighted by atomic mass is 10.0. The van der Waals surface area contributed by atoms with E-state index in [9.17, 15) is 0 Å². The van der Waals surface area contributed by atoms with E-state index in [2.05, 4.69) is 30.4 Å².